The lowest BCUT2D eigenvalue weighted by molar-refractivity contribution is 0.0971. The van der Waals surface area contributed by atoms with Gasteiger partial charge >= 0.3 is 0 Å². The number of hydrogen-bond donors (Lipinski definition) is 1. The predicted molar refractivity (Wildman–Crippen MR) is 87.0 cm³/mol. The molecule has 1 aromatic carbocycles. The maximum Gasteiger partial charge on any atom is 0.161 e. The fourth-order valence-electron chi connectivity index (χ4n) is 3.38. The minimum absolute atomic E-state index is 0.318. The Hall–Kier alpha value is -1.22. The predicted octanol–water partition coefficient (Wildman–Crippen LogP) is 4.01. The summed E-state index contributed by atoms with van der Waals surface area (Å²) in [6.07, 6.45) is 3.93. The van der Waals surface area contributed by atoms with Crippen molar-refractivity contribution in [2.45, 2.75) is 52.7 Å². The van der Waals surface area contributed by atoms with E-state index in [1.165, 1.54) is 12.0 Å². The highest BCUT2D eigenvalue weighted by Crippen LogP contribution is 2.35. The first kappa shape index (κ1) is 16.2. The molecule has 1 aromatic rings. The lowest BCUT2D eigenvalue weighted by Crippen LogP contribution is -2.28. The second-order valence-corrected chi connectivity index (χ2v) is 6.40. The van der Waals surface area contributed by atoms with Crippen molar-refractivity contribution in [2.24, 2.45) is 11.8 Å². The van der Waals surface area contributed by atoms with Crippen LogP contribution in [0.15, 0.2) is 18.2 Å². The molecule has 118 valence electrons. The molecule has 0 radical (unpaired) electrons. The Bertz CT molecular complexity index is 437. The lowest BCUT2D eigenvalue weighted by Gasteiger charge is -2.32. The normalized spacial score (nSPS) is 25.6. The maximum absolute atomic E-state index is 6.27. The monoisotopic (exact) mass is 291 g/mol. The summed E-state index contributed by atoms with van der Waals surface area (Å²) in [5.41, 5.74) is 1.22. The minimum Gasteiger partial charge on any atom is -0.490 e. The van der Waals surface area contributed by atoms with Gasteiger partial charge < -0.3 is 14.8 Å². The number of ether oxygens (including phenoxy) is 2. The molecule has 2 atom stereocenters. The molecule has 1 aliphatic rings. The summed E-state index contributed by atoms with van der Waals surface area (Å²) in [7, 11) is 1.95. The summed E-state index contributed by atoms with van der Waals surface area (Å²) in [6, 6.07) is 6.26. The average Bonchev–Trinajstić information content (AvgIpc) is 2.41. The van der Waals surface area contributed by atoms with E-state index in [4.69, 9.17) is 9.47 Å². The SMILES string of the molecule is CCOc1cc(CNC)ccc1OC1CC(C)CC(C)C1. The van der Waals surface area contributed by atoms with Gasteiger partial charge in [-0.05, 0) is 62.8 Å². The van der Waals surface area contributed by atoms with Crippen molar-refractivity contribution in [2.75, 3.05) is 13.7 Å². The number of nitrogens with one attached hydrogen (secondary N) is 1. The molecule has 0 saturated heterocycles. The number of benzene rings is 1. The van der Waals surface area contributed by atoms with E-state index in [2.05, 4.69) is 37.4 Å². The molecule has 2 rings (SSSR count). The van der Waals surface area contributed by atoms with E-state index in [9.17, 15) is 0 Å². The van der Waals surface area contributed by atoms with Gasteiger partial charge in [0.25, 0.3) is 0 Å². The van der Waals surface area contributed by atoms with E-state index in [-0.39, 0.29) is 0 Å². The van der Waals surface area contributed by atoms with Crippen LogP contribution in [0.3, 0.4) is 0 Å². The average molecular weight is 291 g/mol. The van der Waals surface area contributed by atoms with Gasteiger partial charge in [-0.2, -0.15) is 0 Å². The van der Waals surface area contributed by atoms with Crippen LogP contribution in [0.4, 0.5) is 0 Å². The van der Waals surface area contributed by atoms with Crippen LogP contribution in [-0.4, -0.2) is 19.8 Å². The Balaban J connectivity index is 2.10. The third-order valence-corrected chi connectivity index (χ3v) is 4.12. The van der Waals surface area contributed by atoms with Gasteiger partial charge in [-0.3, -0.25) is 0 Å². The third kappa shape index (κ3) is 4.63. The van der Waals surface area contributed by atoms with Crippen LogP contribution in [0, 0.1) is 11.8 Å². The highest BCUT2D eigenvalue weighted by Gasteiger charge is 2.26. The van der Waals surface area contributed by atoms with E-state index in [0.717, 1.165) is 42.7 Å². The van der Waals surface area contributed by atoms with Crippen molar-refractivity contribution >= 4 is 0 Å². The summed E-state index contributed by atoms with van der Waals surface area (Å²) in [5.74, 6) is 3.26. The molecule has 21 heavy (non-hydrogen) atoms. The standard InChI is InChI=1S/C18H29NO2/c1-5-20-18-11-15(12-19-4)6-7-17(18)21-16-9-13(2)8-14(3)10-16/h6-7,11,13-14,16,19H,5,8-10,12H2,1-4H3. The molecule has 0 aliphatic heterocycles. The number of hydrogen-bond acceptors (Lipinski definition) is 3. The topological polar surface area (TPSA) is 30.5 Å². The molecule has 1 saturated carbocycles. The van der Waals surface area contributed by atoms with Crippen molar-refractivity contribution < 1.29 is 9.47 Å². The van der Waals surface area contributed by atoms with E-state index in [0.29, 0.717) is 12.7 Å². The van der Waals surface area contributed by atoms with Gasteiger partial charge in [-0.25, -0.2) is 0 Å². The van der Waals surface area contributed by atoms with Gasteiger partial charge in [0.1, 0.15) is 0 Å². The van der Waals surface area contributed by atoms with Crippen molar-refractivity contribution in [3.05, 3.63) is 23.8 Å². The van der Waals surface area contributed by atoms with E-state index < -0.39 is 0 Å². The van der Waals surface area contributed by atoms with Crippen LogP contribution in [0.1, 0.15) is 45.6 Å². The van der Waals surface area contributed by atoms with Crippen molar-refractivity contribution in [1.82, 2.24) is 5.32 Å². The van der Waals surface area contributed by atoms with Crippen LogP contribution < -0.4 is 14.8 Å². The summed E-state index contributed by atoms with van der Waals surface area (Å²) in [4.78, 5) is 0. The molecule has 2 unspecified atom stereocenters. The highest BCUT2D eigenvalue weighted by atomic mass is 16.5. The molecule has 0 aromatic heterocycles. The van der Waals surface area contributed by atoms with E-state index in [1.54, 1.807) is 0 Å². The quantitative estimate of drug-likeness (QED) is 0.859. The molecular weight excluding hydrogens is 262 g/mol. The van der Waals surface area contributed by atoms with Crippen LogP contribution >= 0.6 is 0 Å². The van der Waals surface area contributed by atoms with Gasteiger partial charge in [-0.15, -0.1) is 0 Å². The van der Waals surface area contributed by atoms with E-state index >= 15 is 0 Å². The van der Waals surface area contributed by atoms with Crippen LogP contribution in [0.5, 0.6) is 11.5 Å². The molecular formula is C18H29NO2. The second-order valence-electron chi connectivity index (χ2n) is 6.40. The molecule has 1 fully saturated rings. The molecule has 3 nitrogen and oxygen atoms in total. The first-order valence-corrected chi connectivity index (χ1v) is 8.19. The summed E-state index contributed by atoms with van der Waals surface area (Å²) in [5, 5.41) is 3.17. The zero-order chi connectivity index (χ0) is 15.2. The van der Waals surface area contributed by atoms with Crippen molar-refractivity contribution in [1.29, 1.82) is 0 Å². The largest absolute Gasteiger partial charge is 0.490 e. The van der Waals surface area contributed by atoms with Gasteiger partial charge in [0.15, 0.2) is 11.5 Å². The van der Waals surface area contributed by atoms with Gasteiger partial charge in [0, 0.05) is 6.54 Å². The molecule has 0 bridgehead atoms. The Morgan fingerprint density at radius 1 is 1.10 bits per heavy atom. The van der Waals surface area contributed by atoms with Crippen LogP contribution in [-0.2, 0) is 6.54 Å². The number of rotatable bonds is 6. The zero-order valence-electron chi connectivity index (χ0n) is 13.8. The minimum atomic E-state index is 0.318. The smallest absolute Gasteiger partial charge is 0.161 e. The Morgan fingerprint density at radius 3 is 2.43 bits per heavy atom. The molecule has 0 amide bonds. The first-order valence-electron chi connectivity index (χ1n) is 8.19. The van der Waals surface area contributed by atoms with Crippen molar-refractivity contribution in [3.8, 4) is 11.5 Å². The Morgan fingerprint density at radius 2 is 1.81 bits per heavy atom. The zero-order valence-corrected chi connectivity index (χ0v) is 13.8. The van der Waals surface area contributed by atoms with E-state index in [1.807, 2.05) is 14.0 Å². The van der Waals surface area contributed by atoms with Gasteiger partial charge in [0.05, 0.1) is 12.7 Å². The molecule has 0 heterocycles. The van der Waals surface area contributed by atoms with Crippen LogP contribution in [0.2, 0.25) is 0 Å². The highest BCUT2D eigenvalue weighted by molar-refractivity contribution is 5.43. The van der Waals surface area contributed by atoms with Gasteiger partial charge in [0.2, 0.25) is 0 Å². The fourth-order valence-corrected chi connectivity index (χ4v) is 3.38. The van der Waals surface area contributed by atoms with Gasteiger partial charge in [-0.1, -0.05) is 19.9 Å². The Kier molecular flexibility index (Phi) is 5.92. The maximum atomic E-state index is 6.27. The second kappa shape index (κ2) is 7.69. The summed E-state index contributed by atoms with van der Waals surface area (Å²) < 4.78 is 12.0. The van der Waals surface area contributed by atoms with Crippen molar-refractivity contribution in [3.63, 3.8) is 0 Å². The fraction of sp³-hybridized carbons (Fsp3) is 0.667. The first-order chi connectivity index (χ1) is 10.1. The molecule has 0 spiro atoms. The molecule has 1 aliphatic carbocycles. The lowest BCUT2D eigenvalue weighted by atomic mass is 9.82. The summed E-state index contributed by atoms with van der Waals surface area (Å²) in [6.45, 7) is 8.17. The van der Waals surface area contributed by atoms with Crippen LogP contribution in [0.25, 0.3) is 0 Å². The molecule has 1 N–H and O–H groups in total. The molecule has 3 heteroatoms. The Labute approximate surface area is 129 Å². The third-order valence-electron chi connectivity index (χ3n) is 4.12. The summed E-state index contributed by atoms with van der Waals surface area (Å²) >= 11 is 0.